The normalized spacial score (nSPS) is 23.9. The number of aryl methyl sites for hydroxylation is 1. The molecule has 4 aromatic rings. The Balaban J connectivity index is 0.738. The van der Waals surface area contributed by atoms with E-state index in [-0.39, 0.29) is 41.2 Å². The van der Waals surface area contributed by atoms with Gasteiger partial charge in [0.1, 0.15) is 11.8 Å². The summed E-state index contributed by atoms with van der Waals surface area (Å²) in [5.41, 5.74) is 8.84. The molecule has 0 bridgehead atoms. The standard InChI is InChI=1S/C46H45N5O6/c52-34-11-13-36-30(20-34)8-12-35(28-4-2-1-3-5-28)42(36)29-6-9-33(10-7-29)49-18-16-46(17-19-49)26-48(27-46)25-41(54)50-23-31-21-37-38(22-32(31)24-50)45(57)51(44(37)56)39-14-15-40(53)47-43(39)55/h1-7,9-11,13,20-22,35,39,42,52H,8,12,14-19,23-27H2,(H,47,53,55)/t35-,39-,42+/m1/s1. The number of rotatable bonds is 6. The van der Waals surface area contributed by atoms with Crippen molar-refractivity contribution in [2.24, 2.45) is 5.41 Å². The van der Waals surface area contributed by atoms with Crippen LogP contribution in [0.4, 0.5) is 5.69 Å². The van der Waals surface area contributed by atoms with E-state index in [2.05, 4.69) is 75.8 Å². The molecule has 1 aliphatic carbocycles. The van der Waals surface area contributed by atoms with E-state index in [0.29, 0.717) is 31.3 Å². The lowest BCUT2D eigenvalue weighted by atomic mass is 9.69. The number of carbonyl (C=O) groups is 5. The van der Waals surface area contributed by atoms with Crippen molar-refractivity contribution in [1.29, 1.82) is 0 Å². The van der Waals surface area contributed by atoms with Crippen LogP contribution in [0.5, 0.6) is 5.75 Å². The second-order valence-electron chi connectivity index (χ2n) is 17.0. The Morgan fingerprint density at radius 3 is 2.11 bits per heavy atom. The average Bonchev–Trinajstić information content (AvgIpc) is 3.74. The first-order valence-corrected chi connectivity index (χ1v) is 20.2. The molecule has 10 rings (SSSR count). The lowest BCUT2D eigenvalue weighted by Crippen LogP contribution is -2.61. The van der Waals surface area contributed by atoms with Gasteiger partial charge in [0.15, 0.2) is 0 Å². The monoisotopic (exact) mass is 763 g/mol. The fourth-order valence-corrected chi connectivity index (χ4v) is 10.6. The number of hydrogen-bond donors (Lipinski definition) is 2. The largest absolute Gasteiger partial charge is 0.508 e. The number of amides is 5. The second-order valence-corrected chi connectivity index (χ2v) is 17.0. The molecule has 57 heavy (non-hydrogen) atoms. The summed E-state index contributed by atoms with van der Waals surface area (Å²) in [5, 5.41) is 12.5. The predicted molar refractivity (Wildman–Crippen MR) is 212 cm³/mol. The number of hydrogen-bond acceptors (Lipinski definition) is 8. The first-order chi connectivity index (χ1) is 27.6. The Hall–Kier alpha value is -5.81. The molecule has 11 nitrogen and oxygen atoms in total. The van der Waals surface area contributed by atoms with E-state index < -0.39 is 29.7 Å². The fourth-order valence-electron chi connectivity index (χ4n) is 10.6. The molecule has 0 radical (unpaired) electrons. The third kappa shape index (κ3) is 6.19. The quantitative estimate of drug-likeness (QED) is 0.260. The zero-order chi connectivity index (χ0) is 39.0. The van der Waals surface area contributed by atoms with Gasteiger partial charge in [0.05, 0.1) is 17.7 Å². The van der Waals surface area contributed by atoms with Crippen LogP contribution in [-0.4, -0.2) is 88.1 Å². The summed E-state index contributed by atoms with van der Waals surface area (Å²) in [6, 6.07) is 28.2. The van der Waals surface area contributed by atoms with Gasteiger partial charge in [0, 0.05) is 57.3 Å². The van der Waals surface area contributed by atoms with Crippen LogP contribution in [0.1, 0.15) is 98.0 Å². The smallest absolute Gasteiger partial charge is 0.262 e. The highest BCUT2D eigenvalue weighted by Gasteiger charge is 2.47. The van der Waals surface area contributed by atoms with Gasteiger partial charge in [-0.15, -0.1) is 0 Å². The number of anilines is 1. The van der Waals surface area contributed by atoms with Gasteiger partial charge in [-0.25, -0.2) is 0 Å². The van der Waals surface area contributed by atoms with E-state index in [9.17, 15) is 29.1 Å². The number of aromatic hydroxyl groups is 1. The number of benzene rings is 4. The average molecular weight is 764 g/mol. The lowest BCUT2D eigenvalue weighted by molar-refractivity contribution is -0.137. The minimum atomic E-state index is -1.00. The molecule has 3 fully saturated rings. The van der Waals surface area contributed by atoms with Crippen molar-refractivity contribution in [2.75, 3.05) is 37.6 Å². The van der Waals surface area contributed by atoms with Crippen LogP contribution in [0.2, 0.25) is 0 Å². The zero-order valence-corrected chi connectivity index (χ0v) is 31.8. The van der Waals surface area contributed by atoms with Crippen LogP contribution in [0.3, 0.4) is 0 Å². The molecule has 5 aliphatic heterocycles. The highest BCUT2D eigenvalue weighted by Crippen LogP contribution is 2.48. The molecule has 3 atom stereocenters. The highest BCUT2D eigenvalue weighted by atomic mass is 16.3. The van der Waals surface area contributed by atoms with Crippen molar-refractivity contribution in [3.05, 3.63) is 129 Å². The van der Waals surface area contributed by atoms with Crippen molar-refractivity contribution in [2.45, 2.75) is 69.5 Å². The molecule has 290 valence electrons. The highest BCUT2D eigenvalue weighted by molar-refractivity contribution is 6.23. The Morgan fingerprint density at radius 1 is 0.754 bits per heavy atom. The topological polar surface area (TPSA) is 131 Å². The SMILES string of the molecule is O=C1CC[C@@H](N2C(=O)c3cc4c(cc3C2=O)CN(C(=O)CN2CC3(CCN(c5ccc([C@@H]6c7ccc(O)cc7CC[C@@H]6c6ccccc6)cc5)CC3)C2)C4)C(=O)N1. The summed E-state index contributed by atoms with van der Waals surface area (Å²) in [4.78, 5) is 71.7. The van der Waals surface area contributed by atoms with E-state index >= 15 is 0 Å². The van der Waals surface area contributed by atoms with E-state index in [1.54, 1.807) is 17.0 Å². The molecule has 5 amide bonds. The minimum Gasteiger partial charge on any atom is -0.508 e. The van der Waals surface area contributed by atoms with Crippen LogP contribution in [0.25, 0.3) is 0 Å². The first kappa shape index (κ1) is 35.6. The van der Waals surface area contributed by atoms with E-state index in [4.69, 9.17) is 0 Å². The summed E-state index contributed by atoms with van der Waals surface area (Å²) in [6.07, 6.45) is 4.33. The van der Waals surface area contributed by atoms with Crippen LogP contribution in [-0.2, 0) is 33.9 Å². The molecule has 0 unspecified atom stereocenters. The molecule has 2 N–H and O–H groups in total. The summed E-state index contributed by atoms with van der Waals surface area (Å²) in [6.45, 7) is 4.84. The fraction of sp³-hybridized carbons (Fsp3) is 0.370. The van der Waals surface area contributed by atoms with Gasteiger partial charge in [-0.2, -0.15) is 0 Å². The maximum absolute atomic E-state index is 13.5. The number of imide groups is 2. The van der Waals surface area contributed by atoms with Gasteiger partial charge in [0.25, 0.3) is 11.8 Å². The summed E-state index contributed by atoms with van der Waals surface area (Å²) >= 11 is 0. The number of nitrogens with zero attached hydrogens (tertiary/aromatic N) is 4. The first-order valence-electron chi connectivity index (χ1n) is 20.2. The Morgan fingerprint density at radius 2 is 1.44 bits per heavy atom. The third-order valence-electron chi connectivity index (χ3n) is 13.6. The molecule has 6 aliphatic rings. The summed E-state index contributed by atoms with van der Waals surface area (Å²) in [5.74, 6) is -1.14. The minimum absolute atomic E-state index is 0.0356. The molecular formula is C46H45N5O6. The molecule has 11 heteroatoms. The Labute approximate surface area is 331 Å². The van der Waals surface area contributed by atoms with Gasteiger partial charge in [-0.05, 0) is 113 Å². The number of carbonyl (C=O) groups excluding carboxylic acids is 5. The lowest BCUT2D eigenvalue weighted by Gasteiger charge is -2.54. The molecule has 0 aromatic heterocycles. The number of piperidine rings is 2. The van der Waals surface area contributed by atoms with Gasteiger partial charge in [0.2, 0.25) is 17.7 Å². The van der Waals surface area contributed by atoms with Gasteiger partial charge >= 0.3 is 0 Å². The molecule has 5 heterocycles. The number of phenols is 1. The van der Waals surface area contributed by atoms with Gasteiger partial charge in [-0.1, -0.05) is 48.5 Å². The van der Waals surface area contributed by atoms with Crippen molar-refractivity contribution in [3.63, 3.8) is 0 Å². The van der Waals surface area contributed by atoms with Crippen molar-refractivity contribution in [3.8, 4) is 5.75 Å². The second kappa shape index (κ2) is 13.7. The number of nitrogens with one attached hydrogen (secondary N) is 1. The van der Waals surface area contributed by atoms with Crippen LogP contribution in [0.15, 0.2) is 84.9 Å². The third-order valence-corrected chi connectivity index (χ3v) is 13.6. The van der Waals surface area contributed by atoms with Gasteiger partial charge < -0.3 is 14.9 Å². The Kier molecular flexibility index (Phi) is 8.55. The summed E-state index contributed by atoms with van der Waals surface area (Å²) in [7, 11) is 0. The number of fused-ring (bicyclic) bond motifs is 3. The molecule has 1 spiro atoms. The van der Waals surface area contributed by atoms with Crippen molar-refractivity contribution in [1.82, 2.24) is 20.0 Å². The van der Waals surface area contributed by atoms with E-state index in [1.807, 2.05) is 12.1 Å². The van der Waals surface area contributed by atoms with Crippen molar-refractivity contribution < 1.29 is 29.1 Å². The molecule has 4 aromatic carbocycles. The summed E-state index contributed by atoms with van der Waals surface area (Å²) < 4.78 is 0. The maximum atomic E-state index is 13.5. The van der Waals surface area contributed by atoms with Gasteiger partial charge in [-0.3, -0.25) is 39.1 Å². The van der Waals surface area contributed by atoms with E-state index in [1.165, 1.54) is 27.9 Å². The van der Waals surface area contributed by atoms with Crippen LogP contribution in [0, 0.1) is 5.41 Å². The van der Waals surface area contributed by atoms with Crippen LogP contribution < -0.4 is 10.2 Å². The number of likely N-dealkylation sites (tertiary alicyclic amines) is 1. The molecule has 0 saturated carbocycles. The predicted octanol–water partition coefficient (Wildman–Crippen LogP) is 5.10. The molecule has 3 saturated heterocycles. The number of phenolic OH excluding ortho intramolecular Hbond substituents is 1. The molecular weight excluding hydrogens is 719 g/mol. The Bertz CT molecular complexity index is 2280. The maximum Gasteiger partial charge on any atom is 0.262 e. The van der Waals surface area contributed by atoms with E-state index in [0.717, 1.165) is 67.9 Å². The van der Waals surface area contributed by atoms with Crippen LogP contribution >= 0.6 is 0 Å². The zero-order valence-electron chi connectivity index (χ0n) is 31.8. The van der Waals surface area contributed by atoms with Crippen molar-refractivity contribution >= 4 is 35.2 Å².